The number of hydrogen-bond donors (Lipinski definition) is 7. The average molecular weight is 785 g/mol. The molecule has 0 amide bonds. The third-order valence-electron chi connectivity index (χ3n) is 5.87. The zero-order valence-corrected chi connectivity index (χ0v) is 34.7. The van der Waals surface area contributed by atoms with E-state index in [1.165, 1.54) is 0 Å². The summed E-state index contributed by atoms with van der Waals surface area (Å²) >= 11 is 0. The summed E-state index contributed by atoms with van der Waals surface area (Å²) in [5.74, 6) is -5.43. The molecule has 2 aliphatic heterocycles. The van der Waals surface area contributed by atoms with Crippen LogP contribution < -0.4 is 108 Å². The van der Waals surface area contributed by atoms with Crippen LogP contribution in [-0.2, 0) is 66.9 Å². The molecule has 2 fully saturated rings. The van der Waals surface area contributed by atoms with Crippen LogP contribution in [-0.4, -0.2) is 159 Å². The molecule has 2 heterocycles. The Labute approximate surface area is 371 Å². The van der Waals surface area contributed by atoms with Crippen molar-refractivity contribution in [1.29, 1.82) is 0 Å². The van der Waals surface area contributed by atoms with Crippen molar-refractivity contribution in [1.82, 2.24) is 0 Å². The number of ether oxygens (including phenoxy) is 6. The van der Waals surface area contributed by atoms with Crippen LogP contribution in [0.3, 0.4) is 0 Å². The number of carboxylic acids is 2. The molecule has 50 heavy (non-hydrogen) atoms. The van der Waals surface area contributed by atoms with E-state index < -0.39 is 123 Å². The predicted molar refractivity (Wildman–Crippen MR) is 147 cm³/mol. The molecule has 10 atom stereocenters. The van der Waals surface area contributed by atoms with Gasteiger partial charge in [-0.1, -0.05) is 0 Å². The molecule has 7 N–H and O–H groups in total. The van der Waals surface area contributed by atoms with Crippen LogP contribution in [0.2, 0.25) is 0 Å². The molecule has 0 spiro atoms. The van der Waals surface area contributed by atoms with Crippen LogP contribution in [0.15, 0.2) is 0 Å². The molecule has 0 aromatic rings. The van der Waals surface area contributed by atoms with Crippen LogP contribution in [0.1, 0.15) is 42.0 Å². The first kappa shape index (κ1) is 56.0. The summed E-state index contributed by atoms with van der Waals surface area (Å²) in [5.41, 5.74) is 0. The maximum absolute atomic E-state index is 11.5. The van der Waals surface area contributed by atoms with Gasteiger partial charge in [-0.25, -0.2) is 0 Å². The fraction of sp³-hybridized carbons (Fsp3) is 0.731. The maximum atomic E-state index is 11.5. The van der Waals surface area contributed by atoms with Gasteiger partial charge in [0.15, 0.2) is 18.3 Å². The second-order valence-corrected chi connectivity index (χ2v) is 9.49. The van der Waals surface area contributed by atoms with Gasteiger partial charge in [-0.15, -0.1) is 0 Å². The topological polar surface area (TPSA) is 349 Å². The summed E-state index contributed by atoms with van der Waals surface area (Å²) in [7, 11) is 1.00. The first-order chi connectivity index (χ1) is 22.4. The van der Waals surface area contributed by atoms with Crippen molar-refractivity contribution in [2.24, 2.45) is 0 Å². The van der Waals surface area contributed by atoms with Crippen molar-refractivity contribution >= 4 is 42.3 Å². The van der Waals surface area contributed by atoms with Gasteiger partial charge in [0.1, 0.15) is 43.2 Å². The van der Waals surface area contributed by atoms with Gasteiger partial charge in [0.25, 0.3) is 6.47 Å². The number of esters is 4. The summed E-state index contributed by atoms with van der Waals surface area (Å²) in [6.45, 7) is 3.27. The van der Waals surface area contributed by atoms with Crippen molar-refractivity contribution in [2.75, 3.05) is 20.3 Å². The SMILES string of the molecule is CC(=O)OC[C@H]1OC(CC(=O)O)[C@H](OC(C)=O)[C@@H](OC(C)=O)[C@@H]1OC(C)=O.CO.O=C(O)CC1O[C@H](CO)[C@@H](O)[C@H](O)[C@H]1O.O=CO[O-].[H-].[K+].[K+]. The van der Waals surface area contributed by atoms with Crippen LogP contribution in [0.25, 0.3) is 0 Å². The minimum absolute atomic E-state index is 0. The largest absolute Gasteiger partial charge is 1.00 e. The number of rotatable bonds is 11. The van der Waals surface area contributed by atoms with Crippen LogP contribution in [0.5, 0.6) is 0 Å². The van der Waals surface area contributed by atoms with E-state index >= 15 is 0 Å². The zero-order chi connectivity index (χ0) is 37.7. The van der Waals surface area contributed by atoms with E-state index in [-0.39, 0.29) is 111 Å². The second kappa shape index (κ2) is 30.7. The molecule has 0 saturated carbocycles. The van der Waals surface area contributed by atoms with Crippen LogP contribution in [0, 0.1) is 0 Å². The molecule has 24 heteroatoms. The summed E-state index contributed by atoms with van der Waals surface area (Å²) in [6.07, 6.45) is -14.1. The zero-order valence-electron chi connectivity index (χ0n) is 29.4. The van der Waals surface area contributed by atoms with E-state index in [4.69, 9.17) is 58.9 Å². The third-order valence-corrected chi connectivity index (χ3v) is 5.87. The number of aliphatic hydroxyl groups is 5. The number of aliphatic carboxylic acids is 2. The molecule has 2 rings (SSSR count). The predicted octanol–water partition coefficient (Wildman–Crippen LogP) is -10.9. The number of carbonyl (C=O) groups excluding carboxylic acids is 5. The smallest absolute Gasteiger partial charge is 1.00 e. The van der Waals surface area contributed by atoms with Crippen molar-refractivity contribution in [2.45, 2.75) is 102 Å². The molecule has 0 bridgehead atoms. The fourth-order valence-electron chi connectivity index (χ4n) is 4.17. The Morgan fingerprint density at radius 3 is 1.38 bits per heavy atom. The van der Waals surface area contributed by atoms with Crippen molar-refractivity contribution in [3.05, 3.63) is 0 Å². The fourth-order valence-corrected chi connectivity index (χ4v) is 4.17. The number of carboxylic acid groups (broad SMARTS) is 2. The Bertz CT molecular complexity index is 1050. The van der Waals surface area contributed by atoms with Crippen molar-refractivity contribution in [3.63, 3.8) is 0 Å². The molecule has 0 aliphatic carbocycles. The maximum Gasteiger partial charge on any atom is 1.00 e. The molecule has 0 aromatic heterocycles. The van der Waals surface area contributed by atoms with E-state index in [0.717, 1.165) is 34.8 Å². The van der Waals surface area contributed by atoms with Crippen molar-refractivity contribution < 1.29 is 212 Å². The first-order valence-corrected chi connectivity index (χ1v) is 13.6. The van der Waals surface area contributed by atoms with Crippen LogP contribution in [0.4, 0.5) is 0 Å². The summed E-state index contributed by atoms with van der Waals surface area (Å²) in [4.78, 5) is 78.4. The third kappa shape index (κ3) is 22.3. The molecule has 0 aromatic carbocycles. The standard InChI is InChI=1S/C16H22O11.C8H14O7.CH2O3.CH4O.2K.H/c1-7(17)23-6-12-15(25-9(3)19)16(26-10(4)20)14(24-8(2)18)11(27-12)5-13(21)22;9-2-4-7(13)8(14)6(12)3(15-4)1-5(10)11;2-1-4-3;1-2;;;/h11-12,14-16H,5-6H2,1-4H3,(H,21,22);3-4,6-9,12-14H,1-2H2,(H,10,11);1,3H;2H,1H3;;;/q;;;;2*+1;-1/p-1/t11?,12-,14+,15-,16-;3?,4-,6+,7-,8-;;;;;/m11...../s1. The molecular formula is C26H42K2O22. The summed E-state index contributed by atoms with van der Waals surface area (Å²) in [5, 5.41) is 69.9. The van der Waals surface area contributed by atoms with E-state index in [9.17, 15) is 44.1 Å². The molecular weight excluding hydrogens is 742 g/mol. The van der Waals surface area contributed by atoms with Gasteiger partial charge >= 0.3 is 139 Å². The Morgan fingerprint density at radius 2 is 1.02 bits per heavy atom. The molecule has 2 saturated heterocycles. The minimum atomic E-state index is -1.51. The summed E-state index contributed by atoms with van der Waals surface area (Å²) < 4.78 is 30.8. The van der Waals surface area contributed by atoms with Gasteiger partial charge in [0, 0.05) is 34.8 Å². The van der Waals surface area contributed by atoms with E-state index in [1.54, 1.807) is 0 Å². The Kier molecular flexibility index (Phi) is 34.4. The van der Waals surface area contributed by atoms with Gasteiger partial charge in [-0.2, -0.15) is 0 Å². The molecule has 2 aliphatic rings. The van der Waals surface area contributed by atoms with Gasteiger partial charge < -0.3 is 75.7 Å². The monoisotopic (exact) mass is 784 g/mol. The Hall–Kier alpha value is -0.757. The number of carbonyl (C=O) groups is 7. The minimum Gasteiger partial charge on any atom is -1.00 e. The number of hydrogen-bond acceptors (Lipinski definition) is 20. The van der Waals surface area contributed by atoms with Gasteiger partial charge in [-0.05, 0) is 0 Å². The number of aliphatic hydroxyl groups excluding tert-OH is 5. The molecule has 0 radical (unpaired) electrons. The Morgan fingerprint density at radius 1 is 0.660 bits per heavy atom. The van der Waals surface area contributed by atoms with Crippen LogP contribution >= 0.6 is 0 Å². The van der Waals surface area contributed by atoms with E-state index in [0.29, 0.717) is 0 Å². The molecule has 280 valence electrons. The van der Waals surface area contributed by atoms with Gasteiger partial charge in [-0.3, -0.25) is 33.6 Å². The molecule has 2 unspecified atom stereocenters. The quantitative estimate of drug-likeness (QED) is 0.0255. The van der Waals surface area contributed by atoms with Gasteiger partial charge in [0.05, 0.1) is 25.6 Å². The second-order valence-electron chi connectivity index (χ2n) is 9.49. The average Bonchev–Trinajstić information content (AvgIpc) is 2.99. The first-order valence-electron chi connectivity index (χ1n) is 13.6. The van der Waals surface area contributed by atoms with E-state index in [2.05, 4.69) is 4.89 Å². The normalized spacial score (nSPS) is 27.7. The Balaban J connectivity index is -0.000000249. The molecule has 22 nitrogen and oxygen atoms in total. The van der Waals surface area contributed by atoms with E-state index in [1.807, 2.05) is 0 Å². The van der Waals surface area contributed by atoms with Crippen molar-refractivity contribution in [3.8, 4) is 0 Å². The van der Waals surface area contributed by atoms with Gasteiger partial charge in [0.2, 0.25) is 0 Å². The summed E-state index contributed by atoms with van der Waals surface area (Å²) in [6, 6.07) is 0.